The fourth-order valence-corrected chi connectivity index (χ4v) is 3.72. The van der Waals surface area contributed by atoms with Gasteiger partial charge >= 0.3 is 0 Å². The lowest BCUT2D eigenvalue weighted by atomic mass is 9.90. The van der Waals surface area contributed by atoms with Crippen LogP contribution in [0.15, 0.2) is 30.3 Å². The fraction of sp³-hybridized carbons (Fsp3) is 0.647. The van der Waals surface area contributed by atoms with Gasteiger partial charge in [0.2, 0.25) is 0 Å². The Labute approximate surface area is 123 Å². The molecule has 2 fully saturated rings. The predicted molar refractivity (Wildman–Crippen MR) is 83.8 cm³/mol. The van der Waals surface area contributed by atoms with Crippen molar-refractivity contribution in [1.82, 2.24) is 15.1 Å². The summed E-state index contributed by atoms with van der Waals surface area (Å²) < 4.78 is 0. The van der Waals surface area contributed by atoms with Crippen LogP contribution < -0.4 is 5.32 Å². The van der Waals surface area contributed by atoms with Crippen LogP contribution in [-0.4, -0.2) is 55.6 Å². The molecule has 3 atom stereocenters. The van der Waals surface area contributed by atoms with E-state index in [0.717, 1.165) is 19.0 Å². The van der Waals surface area contributed by atoms with E-state index >= 15 is 0 Å². The molecule has 1 N–H and O–H groups in total. The van der Waals surface area contributed by atoms with Crippen molar-refractivity contribution in [3.8, 4) is 0 Å². The van der Waals surface area contributed by atoms with E-state index in [1.165, 1.54) is 31.6 Å². The number of rotatable bonds is 2. The van der Waals surface area contributed by atoms with Crippen LogP contribution in [0, 0.1) is 5.92 Å². The second kappa shape index (κ2) is 6.25. The van der Waals surface area contributed by atoms with Crippen molar-refractivity contribution in [3.05, 3.63) is 35.9 Å². The van der Waals surface area contributed by atoms with Gasteiger partial charge in [0.15, 0.2) is 0 Å². The van der Waals surface area contributed by atoms with E-state index in [2.05, 4.69) is 59.4 Å². The van der Waals surface area contributed by atoms with E-state index in [4.69, 9.17) is 0 Å². The lowest BCUT2D eigenvalue weighted by Gasteiger charge is -2.48. The van der Waals surface area contributed by atoms with Gasteiger partial charge in [0.05, 0.1) is 0 Å². The summed E-state index contributed by atoms with van der Waals surface area (Å²) in [6.07, 6.45) is 1.30. The van der Waals surface area contributed by atoms with Gasteiger partial charge in [-0.2, -0.15) is 0 Å². The van der Waals surface area contributed by atoms with Gasteiger partial charge in [-0.05, 0) is 31.5 Å². The molecule has 3 heteroatoms. The molecule has 2 aliphatic heterocycles. The Morgan fingerprint density at radius 1 is 1.15 bits per heavy atom. The molecule has 20 heavy (non-hydrogen) atoms. The number of hydrogen-bond donors (Lipinski definition) is 1. The number of likely N-dealkylation sites (N-methyl/N-ethyl adjacent to an activating group) is 1. The molecule has 1 aromatic carbocycles. The van der Waals surface area contributed by atoms with Crippen LogP contribution in [0.25, 0.3) is 0 Å². The second-order valence-corrected chi connectivity index (χ2v) is 6.46. The van der Waals surface area contributed by atoms with Crippen LogP contribution in [-0.2, 0) is 0 Å². The molecule has 0 saturated carbocycles. The van der Waals surface area contributed by atoms with Crippen molar-refractivity contribution < 1.29 is 0 Å². The van der Waals surface area contributed by atoms with Crippen molar-refractivity contribution in [1.29, 1.82) is 0 Å². The summed E-state index contributed by atoms with van der Waals surface area (Å²) in [7, 11) is 2.25. The van der Waals surface area contributed by atoms with Crippen LogP contribution in [0.4, 0.5) is 0 Å². The van der Waals surface area contributed by atoms with Gasteiger partial charge in [0.25, 0.3) is 0 Å². The number of hydrogen-bond acceptors (Lipinski definition) is 3. The van der Waals surface area contributed by atoms with Crippen LogP contribution in [0.5, 0.6) is 0 Å². The zero-order chi connectivity index (χ0) is 13.9. The molecule has 3 nitrogen and oxygen atoms in total. The maximum Gasteiger partial charge on any atom is 0.0479 e. The monoisotopic (exact) mass is 273 g/mol. The Kier molecular flexibility index (Phi) is 4.39. The molecule has 0 amide bonds. The molecule has 1 aromatic rings. The standard InChI is InChI=1S/C17H27N3/c1-14-8-9-18-12-16(14)20-11-10-19(2)13-17(20)15-6-4-3-5-7-15/h3-7,14,16-18H,8-13H2,1-2H3. The number of benzene rings is 1. The molecule has 0 aliphatic carbocycles. The number of nitrogens with zero attached hydrogens (tertiary/aromatic N) is 2. The number of piperidine rings is 1. The Hall–Kier alpha value is -0.900. The summed E-state index contributed by atoms with van der Waals surface area (Å²) in [5.41, 5.74) is 1.47. The lowest BCUT2D eigenvalue weighted by Crippen LogP contribution is -2.57. The fourth-order valence-electron chi connectivity index (χ4n) is 3.72. The van der Waals surface area contributed by atoms with Crippen LogP contribution in [0.1, 0.15) is 24.9 Å². The summed E-state index contributed by atoms with van der Waals surface area (Å²) in [4.78, 5) is 5.22. The Balaban J connectivity index is 1.83. The van der Waals surface area contributed by atoms with Crippen molar-refractivity contribution in [2.45, 2.75) is 25.4 Å². The van der Waals surface area contributed by atoms with E-state index in [-0.39, 0.29) is 0 Å². The van der Waals surface area contributed by atoms with E-state index in [9.17, 15) is 0 Å². The molecule has 2 saturated heterocycles. The van der Waals surface area contributed by atoms with Crippen molar-refractivity contribution in [2.75, 3.05) is 39.8 Å². The minimum Gasteiger partial charge on any atom is -0.315 e. The van der Waals surface area contributed by atoms with Crippen molar-refractivity contribution in [3.63, 3.8) is 0 Å². The molecule has 0 aromatic heterocycles. The first-order valence-corrected chi connectivity index (χ1v) is 7.95. The van der Waals surface area contributed by atoms with E-state index in [1.54, 1.807) is 0 Å². The van der Waals surface area contributed by atoms with Crippen LogP contribution in [0.3, 0.4) is 0 Å². The lowest BCUT2D eigenvalue weighted by molar-refractivity contribution is 0.0209. The topological polar surface area (TPSA) is 18.5 Å². The summed E-state index contributed by atoms with van der Waals surface area (Å²) in [6.45, 7) is 8.27. The quantitative estimate of drug-likeness (QED) is 0.889. The van der Waals surface area contributed by atoms with Crippen LogP contribution in [0.2, 0.25) is 0 Å². The predicted octanol–water partition coefficient (Wildman–Crippen LogP) is 1.97. The average Bonchev–Trinajstić information content (AvgIpc) is 2.49. The van der Waals surface area contributed by atoms with Gasteiger partial charge in [0.1, 0.15) is 0 Å². The Morgan fingerprint density at radius 3 is 2.70 bits per heavy atom. The third-order valence-electron chi connectivity index (χ3n) is 5.02. The van der Waals surface area contributed by atoms with Crippen LogP contribution >= 0.6 is 0 Å². The minimum absolute atomic E-state index is 0.544. The maximum atomic E-state index is 3.59. The summed E-state index contributed by atoms with van der Waals surface area (Å²) in [5, 5.41) is 3.59. The van der Waals surface area contributed by atoms with Gasteiger partial charge in [-0.15, -0.1) is 0 Å². The molecule has 3 unspecified atom stereocenters. The highest BCUT2D eigenvalue weighted by molar-refractivity contribution is 5.20. The Morgan fingerprint density at radius 2 is 1.95 bits per heavy atom. The molecular formula is C17H27N3. The van der Waals surface area contributed by atoms with Gasteiger partial charge in [0, 0.05) is 38.3 Å². The third kappa shape index (κ3) is 2.90. The zero-order valence-corrected chi connectivity index (χ0v) is 12.8. The molecular weight excluding hydrogens is 246 g/mol. The smallest absolute Gasteiger partial charge is 0.0479 e. The molecule has 2 heterocycles. The highest BCUT2D eigenvalue weighted by atomic mass is 15.3. The largest absolute Gasteiger partial charge is 0.315 e. The molecule has 0 spiro atoms. The molecule has 2 aliphatic rings. The summed E-state index contributed by atoms with van der Waals surface area (Å²) in [6, 6.07) is 12.3. The average molecular weight is 273 g/mol. The van der Waals surface area contributed by atoms with Gasteiger partial charge in [-0.3, -0.25) is 4.90 Å². The van der Waals surface area contributed by atoms with Gasteiger partial charge in [-0.25, -0.2) is 0 Å². The normalized spacial score (nSPS) is 33.2. The number of piperazine rings is 1. The van der Waals surface area contributed by atoms with Crippen molar-refractivity contribution >= 4 is 0 Å². The zero-order valence-electron chi connectivity index (χ0n) is 12.8. The van der Waals surface area contributed by atoms with Gasteiger partial charge in [-0.1, -0.05) is 37.3 Å². The molecule has 110 valence electrons. The maximum absolute atomic E-state index is 3.59. The first-order chi connectivity index (χ1) is 9.75. The SMILES string of the molecule is CC1CCNCC1N1CCN(C)CC1c1ccccc1. The third-order valence-corrected chi connectivity index (χ3v) is 5.02. The van der Waals surface area contributed by atoms with E-state index < -0.39 is 0 Å². The highest BCUT2D eigenvalue weighted by Gasteiger charge is 2.35. The highest BCUT2D eigenvalue weighted by Crippen LogP contribution is 2.30. The summed E-state index contributed by atoms with van der Waals surface area (Å²) in [5.74, 6) is 0.797. The molecule has 0 radical (unpaired) electrons. The first kappa shape index (κ1) is 14.1. The molecule has 3 rings (SSSR count). The Bertz CT molecular complexity index is 420. The summed E-state index contributed by atoms with van der Waals surface area (Å²) >= 11 is 0. The number of nitrogens with one attached hydrogen (secondary N) is 1. The molecule has 0 bridgehead atoms. The van der Waals surface area contributed by atoms with Crippen molar-refractivity contribution in [2.24, 2.45) is 5.92 Å². The van der Waals surface area contributed by atoms with Gasteiger partial charge < -0.3 is 10.2 Å². The van der Waals surface area contributed by atoms with E-state index in [0.29, 0.717) is 12.1 Å². The minimum atomic E-state index is 0.544. The van der Waals surface area contributed by atoms with E-state index in [1.807, 2.05) is 0 Å². The second-order valence-electron chi connectivity index (χ2n) is 6.46. The first-order valence-electron chi connectivity index (χ1n) is 7.95.